The number of esters is 1. The molecule has 1 aliphatic rings. The Morgan fingerprint density at radius 3 is 2.59 bits per heavy atom. The van der Waals surface area contributed by atoms with Crippen LogP contribution < -0.4 is 5.32 Å². The quantitative estimate of drug-likeness (QED) is 0.616. The van der Waals surface area contributed by atoms with Gasteiger partial charge in [0.25, 0.3) is 0 Å². The molecule has 0 aromatic heterocycles. The monoisotopic (exact) mass is 305 g/mol. The largest absolute Gasteiger partial charge is 0.469 e. The second-order valence-electron chi connectivity index (χ2n) is 5.83. The van der Waals surface area contributed by atoms with Crippen molar-refractivity contribution in [3.8, 4) is 0 Å². The number of carbonyl (C=O) groups is 2. The van der Waals surface area contributed by atoms with E-state index in [4.69, 9.17) is 4.74 Å². The van der Waals surface area contributed by atoms with E-state index in [1.54, 1.807) is 6.92 Å². The molecule has 2 rings (SSSR count). The normalized spacial score (nSPS) is 23.8. The molecule has 4 atom stereocenters. The fourth-order valence-electron chi connectivity index (χ4n) is 3.09. The van der Waals surface area contributed by atoms with Crippen LogP contribution in [0, 0.1) is 5.92 Å². The molecule has 2 N–H and O–H groups in total. The lowest BCUT2D eigenvalue weighted by molar-refractivity contribution is -0.150. The highest BCUT2D eigenvalue weighted by Crippen LogP contribution is 2.25. The Morgan fingerprint density at radius 2 is 2.00 bits per heavy atom. The third kappa shape index (κ3) is 3.93. The minimum absolute atomic E-state index is 0.0311. The molecular weight excluding hydrogens is 282 g/mol. The summed E-state index contributed by atoms with van der Waals surface area (Å²) in [6.07, 6.45) is 1.17. The molecular formula is C17H23NO4. The number of ketones is 1. The Hall–Kier alpha value is -1.72. The number of hydrogen-bond donors (Lipinski definition) is 2. The van der Waals surface area contributed by atoms with Gasteiger partial charge in [0.15, 0.2) is 5.78 Å². The van der Waals surface area contributed by atoms with Crippen molar-refractivity contribution in [2.75, 3.05) is 7.11 Å². The fraction of sp³-hybridized carbons (Fsp3) is 0.529. The Bertz CT molecular complexity index is 515. The van der Waals surface area contributed by atoms with Gasteiger partial charge < -0.3 is 15.2 Å². The van der Waals surface area contributed by atoms with Gasteiger partial charge in [0, 0.05) is 24.1 Å². The van der Waals surface area contributed by atoms with Crippen LogP contribution in [0.15, 0.2) is 30.3 Å². The molecule has 1 aromatic carbocycles. The molecule has 22 heavy (non-hydrogen) atoms. The number of carbonyl (C=O) groups excluding carboxylic acids is 2. The predicted molar refractivity (Wildman–Crippen MR) is 82.5 cm³/mol. The Morgan fingerprint density at radius 1 is 1.32 bits per heavy atom. The maximum atomic E-state index is 12.2. The molecule has 0 saturated carbocycles. The molecule has 0 amide bonds. The van der Waals surface area contributed by atoms with Crippen LogP contribution in [0.25, 0.3) is 0 Å². The van der Waals surface area contributed by atoms with E-state index in [-0.39, 0.29) is 17.9 Å². The standard InChI is InChI=1S/C17H23NO4/c1-11(19)16(17(21)22-2)14-9-8-13(18-14)10-15(20)12-6-4-3-5-7-12/h3-7,11,13-14,16,18-19H,8-10H2,1-2H3. The number of hydrogen-bond acceptors (Lipinski definition) is 5. The van der Waals surface area contributed by atoms with Crippen LogP contribution in [0.3, 0.4) is 0 Å². The first-order chi connectivity index (χ1) is 10.5. The zero-order chi connectivity index (χ0) is 16.1. The van der Waals surface area contributed by atoms with Gasteiger partial charge in [0.05, 0.1) is 19.1 Å². The van der Waals surface area contributed by atoms with Gasteiger partial charge in [-0.15, -0.1) is 0 Å². The predicted octanol–water partition coefficient (Wildman–Crippen LogP) is 1.55. The van der Waals surface area contributed by atoms with Gasteiger partial charge in [-0.2, -0.15) is 0 Å². The topological polar surface area (TPSA) is 75.6 Å². The minimum atomic E-state index is -0.784. The molecule has 1 heterocycles. The molecule has 120 valence electrons. The van der Waals surface area contributed by atoms with Crippen molar-refractivity contribution in [1.29, 1.82) is 0 Å². The summed E-state index contributed by atoms with van der Waals surface area (Å²) in [5.41, 5.74) is 0.702. The van der Waals surface area contributed by atoms with Gasteiger partial charge in [0.2, 0.25) is 0 Å². The van der Waals surface area contributed by atoms with Crippen LogP contribution in [-0.2, 0) is 9.53 Å². The first kappa shape index (κ1) is 16.6. The van der Waals surface area contributed by atoms with E-state index in [0.29, 0.717) is 12.0 Å². The molecule has 0 radical (unpaired) electrons. The van der Waals surface area contributed by atoms with Crippen LogP contribution in [0.2, 0.25) is 0 Å². The number of rotatable bonds is 6. The van der Waals surface area contributed by atoms with Crippen molar-refractivity contribution in [1.82, 2.24) is 5.32 Å². The lowest BCUT2D eigenvalue weighted by Gasteiger charge is -2.24. The number of ether oxygens (including phenoxy) is 1. The molecule has 5 heteroatoms. The second kappa shape index (κ2) is 7.51. The highest BCUT2D eigenvalue weighted by molar-refractivity contribution is 5.96. The van der Waals surface area contributed by atoms with E-state index in [1.807, 2.05) is 30.3 Å². The van der Waals surface area contributed by atoms with Gasteiger partial charge in [0.1, 0.15) is 0 Å². The summed E-state index contributed by atoms with van der Waals surface area (Å²) in [5, 5.41) is 13.1. The van der Waals surface area contributed by atoms with Crippen molar-refractivity contribution < 1.29 is 19.4 Å². The van der Waals surface area contributed by atoms with E-state index >= 15 is 0 Å². The van der Waals surface area contributed by atoms with E-state index in [2.05, 4.69) is 5.32 Å². The molecule has 5 nitrogen and oxygen atoms in total. The number of Topliss-reactive ketones (excluding diaryl/α,β-unsaturated/α-hetero) is 1. The van der Waals surface area contributed by atoms with E-state index in [1.165, 1.54) is 7.11 Å². The van der Waals surface area contributed by atoms with Crippen LogP contribution in [0.5, 0.6) is 0 Å². The van der Waals surface area contributed by atoms with Gasteiger partial charge >= 0.3 is 5.97 Å². The van der Waals surface area contributed by atoms with Crippen molar-refractivity contribution >= 4 is 11.8 Å². The minimum Gasteiger partial charge on any atom is -0.469 e. The highest BCUT2D eigenvalue weighted by atomic mass is 16.5. The van der Waals surface area contributed by atoms with Gasteiger partial charge in [-0.1, -0.05) is 30.3 Å². The average molecular weight is 305 g/mol. The lowest BCUT2D eigenvalue weighted by Crippen LogP contribution is -2.44. The van der Waals surface area contributed by atoms with Crippen LogP contribution in [0.4, 0.5) is 0 Å². The maximum Gasteiger partial charge on any atom is 0.312 e. The third-order valence-corrected chi connectivity index (χ3v) is 4.23. The van der Waals surface area contributed by atoms with Gasteiger partial charge in [-0.05, 0) is 19.8 Å². The lowest BCUT2D eigenvalue weighted by atomic mass is 9.93. The van der Waals surface area contributed by atoms with Crippen LogP contribution >= 0.6 is 0 Å². The number of nitrogens with one attached hydrogen (secondary N) is 1. The highest BCUT2D eigenvalue weighted by Gasteiger charge is 2.38. The summed E-state index contributed by atoms with van der Waals surface area (Å²) in [6, 6.07) is 9.07. The molecule has 1 aromatic rings. The number of aliphatic hydroxyl groups excluding tert-OH is 1. The zero-order valence-electron chi connectivity index (χ0n) is 13.0. The Kier molecular flexibility index (Phi) is 5.69. The van der Waals surface area contributed by atoms with E-state index < -0.39 is 18.0 Å². The number of benzene rings is 1. The van der Waals surface area contributed by atoms with E-state index in [0.717, 1.165) is 12.8 Å². The summed E-state index contributed by atoms with van der Waals surface area (Å²) < 4.78 is 4.77. The first-order valence-corrected chi connectivity index (χ1v) is 7.63. The Labute approximate surface area is 130 Å². The maximum absolute atomic E-state index is 12.2. The van der Waals surface area contributed by atoms with E-state index in [9.17, 15) is 14.7 Å². The molecule has 1 aliphatic heterocycles. The summed E-state index contributed by atoms with van der Waals surface area (Å²) in [4.78, 5) is 24.0. The zero-order valence-corrected chi connectivity index (χ0v) is 13.0. The van der Waals surface area contributed by atoms with Crippen molar-refractivity contribution in [3.05, 3.63) is 35.9 Å². The van der Waals surface area contributed by atoms with Crippen molar-refractivity contribution in [3.63, 3.8) is 0 Å². The smallest absolute Gasteiger partial charge is 0.312 e. The van der Waals surface area contributed by atoms with Crippen LogP contribution in [-0.4, -0.2) is 42.2 Å². The SMILES string of the molecule is COC(=O)C(C(C)O)C1CCC(CC(=O)c2ccccc2)N1. The summed E-state index contributed by atoms with van der Waals surface area (Å²) in [5.74, 6) is -0.922. The molecule has 1 fully saturated rings. The van der Waals surface area contributed by atoms with Crippen molar-refractivity contribution in [2.45, 2.75) is 44.4 Å². The molecule has 4 unspecified atom stereocenters. The second-order valence-corrected chi connectivity index (χ2v) is 5.83. The van der Waals surface area contributed by atoms with Crippen LogP contribution in [0.1, 0.15) is 36.5 Å². The molecule has 0 spiro atoms. The summed E-state index contributed by atoms with van der Waals surface area (Å²) in [7, 11) is 1.32. The first-order valence-electron chi connectivity index (χ1n) is 7.63. The molecule has 0 bridgehead atoms. The fourth-order valence-corrected chi connectivity index (χ4v) is 3.09. The summed E-state index contributed by atoms with van der Waals surface area (Å²) >= 11 is 0. The third-order valence-electron chi connectivity index (χ3n) is 4.23. The van der Waals surface area contributed by atoms with Gasteiger partial charge in [-0.25, -0.2) is 0 Å². The summed E-state index contributed by atoms with van der Waals surface area (Å²) in [6.45, 7) is 1.59. The Balaban J connectivity index is 1.95. The number of methoxy groups -OCH3 is 1. The van der Waals surface area contributed by atoms with Gasteiger partial charge in [-0.3, -0.25) is 9.59 Å². The van der Waals surface area contributed by atoms with Crippen molar-refractivity contribution in [2.24, 2.45) is 5.92 Å². The molecule has 1 saturated heterocycles. The average Bonchev–Trinajstić information content (AvgIpc) is 2.95. The molecule has 0 aliphatic carbocycles. The number of aliphatic hydroxyl groups is 1.